The normalized spacial score (nSPS) is 13.5. The van der Waals surface area contributed by atoms with Crippen LogP contribution < -0.4 is 14.1 Å². The van der Waals surface area contributed by atoms with E-state index in [0.29, 0.717) is 0 Å². The minimum atomic E-state index is -5.09. The molecule has 1 heterocycles. The van der Waals surface area contributed by atoms with Crippen molar-refractivity contribution in [2.45, 2.75) is 19.6 Å². The van der Waals surface area contributed by atoms with Crippen LogP contribution in [-0.4, -0.2) is 16.9 Å². The molecule has 36 heavy (non-hydrogen) atoms. The maximum atomic E-state index is 14.1. The van der Waals surface area contributed by atoms with Crippen LogP contribution in [0.1, 0.15) is 12.7 Å². The number of benzene rings is 2. The summed E-state index contributed by atoms with van der Waals surface area (Å²) in [6, 6.07) is 7.31. The second kappa shape index (κ2) is 10.7. The van der Waals surface area contributed by atoms with Crippen LogP contribution in [0.3, 0.4) is 0 Å². The number of hydrogen-bond donors (Lipinski definition) is 1. The summed E-state index contributed by atoms with van der Waals surface area (Å²) < 4.78 is 101. The van der Waals surface area contributed by atoms with Gasteiger partial charge >= 0.3 is 19.6 Å². The molecule has 0 bridgehead atoms. The van der Waals surface area contributed by atoms with Crippen molar-refractivity contribution < 1.29 is 54.4 Å². The molecule has 0 saturated heterocycles. The molecule has 3 aromatic rings. The van der Waals surface area contributed by atoms with E-state index in [2.05, 4.69) is 4.52 Å². The van der Waals surface area contributed by atoms with Crippen molar-refractivity contribution in [1.82, 2.24) is 5.09 Å². The molecule has 0 aliphatic heterocycles. The molecule has 0 fully saturated rings. The third-order valence-electron chi connectivity index (χ3n) is 4.24. The number of carbonyl (C=O) groups excluding carboxylic acids is 1. The lowest BCUT2D eigenvalue weighted by Gasteiger charge is -2.23. The van der Waals surface area contributed by atoms with Gasteiger partial charge in [0.1, 0.15) is 29.1 Å². The fraction of sp³-hybridized carbons (Fsp3) is 0.150. The van der Waals surface area contributed by atoms with E-state index < -0.39 is 72.0 Å². The molecular weight excluding hydrogens is 522 g/mol. The molecule has 0 unspecified atom stereocenters. The largest absolute Gasteiger partial charge is 0.513 e. The first-order chi connectivity index (χ1) is 16.9. The Morgan fingerprint density at radius 3 is 2.14 bits per heavy atom. The fourth-order valence-corrected chi connectivity index (χ4v) is 4.10. The van der Waals surface area contributed by atoms with Crippen LogP contribution in [0.4, 0.5) is 27.8 Å². The van der Waals surface area contributed by atoms with E-state index in [-0.39, 0.29) is 11.5 Å². The molecule has 0 aliphatic carbocycles. The van der Waals surface area contributed by atoms with Gasteiger partial charge in [0.15, 0.2) is 0 Å². The molecule has 0 spiro atoms. The molecule has 1 aromatic heterocycles. The quantitative estimate of drug-likeness (QED) is 0.0709. The minimum Gasteiger partial charge on any atom is -0.456 e. The maximum absolute atomic E-state index is 14.1. The van der Waals surface area contributed by atoms with Crippen molar-refractivity contribution in [3.63, 3.8) is 0 Å². The van der Waals surface area contributed by atoms with E-state index in [4.69, 9.17) is 13.7 Å². The molecule has 1 N–H and O–H groups in total. The number of halogens is 5. The highest BCUT2D eigenvalue weighted by molar-refractivity contribution is 7.52. The van der Waals surface area contributed by atoms with Gasteiger partial charge in [-0.15, -0.1) is 0 Å². The third-order valence-corrected chi connectivity index (χ3v) is 5.82. The summed E-state index contributed by atoms with van der Waals surface area (Å²) in [5.74, 6) is -16.1. The topological polar surface area (TPSA) is 130 Å². The lowest BCUT2D eigenvalue weighted by atomic mass is 10.3. The number of rotatable bonds is 10. The van der Waals surface area contributed by atoms with Gasteiger partial charge in [0.2, 0.25) is 34.8 Å². The Labute approximate surface area is 198 Å². The van der Waals surface area contributed by atoms with Gasteiger partial charge in [-0.2, -0.15) is 13.9 Å². The zero-order valence-electron chi connectivity index (χ0n) is 17.9. The van der Waals surface area contributed by atoms with Gasteiger partial charge in [-0.1, -0.05) is 18.2 Å². The number of hydrogen-bond acceptors (Lipinski definition) is 8. The molecule has 0 saturated carbocycles. The number of nitro groups is 1. The van der Waals surface area contributed by atoms with Gasteiger partial charge in [-0.3, -0.25) is 14.9 Å². The summed E-state index contributed by atoms with van der Waals surface area (Å²) in [7, 11) is -5.09. The van der Waals surface area contributed by atoms with Crippen molar-refractivity contribution >= 4 is 19.6 Å². The van der Waals surface area contributed by atoms with Gasteiger partial charge in [0, 0.05) is 0 Å². The SMILES string of the molecule is C[C@H](N[P@](=O)(Oc1ccccc1)Oc1c(F)c(F)c(F)c(F)c1F)C(=O)OCc1ccc([N+](=O)[O-])o1. The highest BCUT2D eigenvalue weighted by Gasteiger charge is 2.38. The Bertz CT molecular complexity index is 1310. The summed E-state index contributed by atoms with van der Waals surface area (Å²) in [6.45, 7) is 0.455. The predicted octanol–water partition coefficient (Wildman–Crippen LogP) is 5.17. The second-order valence-electron chi connectivity index (χ2n) is 6.85. The van der Waals surface area contributed by atoms with Crippen LogP contribution in [0.25, 0.3) is 0 Å². The van der Waals surface area contributed by atoms with Crippen LogP contribution >= 0.6 is 7.75 Å². The monoisotopic (exact) mass is 536 g/mol. The van der Waals surface area contributed by atoms with Crippen LogP contribution in [0, 0.1) is 39.2 Å². The molecular formula is C20H14F5N2O8P. The van der Waals surface area contributed by atoms with E-state index >= 15 is 0 Å². The Hall–Kier alpha value is -3.97. The molecule has 16 heteroatoms. The Kier molecular flexibility index (Phi) is 7.95. The maximum Gasteiger partial charge on any atom is 0.513 e. The Morgan fingerprint density at radius 1 is 1.00 bits per heavy atom. The molecule has 2 atom stereocenters. The van der Waals surface area contributed by atoms with Gasteiger partial charge < -0.3 is 18.2 Å². The molecule has 192 valence electrons. The molecule has 0 radical (unpaired) electrons. The van der Waals surface area contributed by atoms with Gasteiger partial charge in [0.25, 0.3) is 0 Å². The zero-order chi connectivity index (χ0) is 26.6. The first-order valence-corrected chi connectivity index (χ1v) is 11.2. The van der Waals surface area contributed by atoms with Crippen LogP contribution in [0.2, 0.25) is 0 Å². The second-order valence-corrected chi connectivity index (χ2v) is 8.47. The summed E-state index contributed by atoms with van der Waals surface area (Å²) in [6.07, 6.45) is 0. The molecule has 0 aliphatic rings. The summed E-state index contributed by atoms with van der Waals surface area (Å²) in [5, 5.41) is 12.6. The standard InChI is InChI=1S/C20H14F5N2O8P/c1-10(20(28)32-9-12-7-8-13(33-12)27(29)30)26-36(31,34-11-5-3-2-4-6-11)35-19-17(24)15(22)14(21)16(23)18(19)25/h2-8,10H,9H2,1H3,(H,26,31)/t10-,36-/m0/s1. The van der Waals surface area contributed by atoms with E-state index in [1.165, 1.54) is 30.3 Å². The number of para-hydroxylation sites is 1. The lowest BCUT2D eigenvalue weighted by Crippen LogP contribution is -2.36. The average Bonchev–Trinajstić information content (AvgIpc) is 3.33. The third kappa shape index (κ3) is 5.98. The number of nitrogens with zero attached hydrogens (tertiary/aromatic N) is 1. The predicted molar refractivity (Wildman–Crippen MR) is 109 cm³/mol. The summed E-state index contributed by atoms with van der Waals surface area (Å²) >= 11 is 0. The van der Waals surface area contributed by atoms with Crippen LogP contribution in [-0.2, 0) is 20.7 Å². The number of esters is 1. The zero-order valence-corrected chi connectivity index (χ0v) is 18.8. The number of ether oxygens (including phenoxy) is 1. The Morgan fingerprint density at radius 2 is 1.58 bits per heavy atom. The highest BCUT2D eigenvalue weighted by Crippen LogP contribution is 2.47. The van der Waals surface area contributed by atoms with Crippen molar-refractivity contribution in [2.24, 2.45) is 0 Å². The van der Waals surface area contributed by atoms with Gasteiger partial charge in [-0.05, 0) is 25.1 Å². The first kappa shape index (κ1) is 26.6. The van der Waals surface area contributed by atoms with Gasteiger partial charge in [0.05, 0.1) is 6.07 Å². The number of furan rings is 1. The van der Waals surface area contributed by atoms with Crippen molar-refractivity contribution in [3.05, 3.63) is 87.4 Å². The number of nitrogens with one attached hydrogen (secondary N) is 1. The van der Waals surface area contributed by atoms with E-state index in [1.54, 1.807) is 0 Å². The number of carbonyl (C=O) groups is 1. The van der Waals surface area contributed by atoms with Crippen molar-refractivity contribution in [3.8, 4) is 11.5 Å². The van der Waals surface area contributed by atoms with Crippen molar-refractivity contribution in [1.29, 1.82) is 0 Å². The molecule has 10 nitrogen and oxygen atoms in total. The highest BCUT2D eigenvalue weighted by atomic mass is 31.2. The smallest absolute Gasteiger partial charge is 0.456 e. The lowest BCUT2D eigenvalue weighted by molar-refractivity contribution is -0.402. The first-order valence-electron chi connectivity index (χ1n) is 9.65. The van der Waals surface area contributed by atoms with Gasteiger partial charge in [-0.25, -0.2) is 17.7 Å². The summed E-state index contributed by atoms with van der Waals surface area (Å²) in [4.78, 5) is 22.1. The average molecular weight is 536 g/mol. The van der Waals surface area contributed by atoms with E-state index in [0.717, 1.165) is 19.1 Å². The van der Waals surface area contributed by atoms with Crippen molar-refractivity contribution in [2.75, 3.05) is 0 Å². The fourth-order valence-electron chi connectivity index (χ4n) is 2.58. The van der Waals surface area contributed by atoms with Crippen LogP contribution in [0.15, 0.2) is 46.9 Å². The minimum absolute atomic E-state index is 0.122. The van der Waals surface area contributed by atoms with Crippen LogP contribution in [0.5, 0.6) is 11.5 Å². The van der Waals surface area contributed by atoms with E-state index in [1.807, 2.05) is 5.09 Å². The molecule has 2 aromatic carbocycles. The molecule has 3 rings (SSSR count). The Balaban J connectivity index is 1.83. The van der Waals surface area contributed by atoms with E-state index in [9.17, 15) is 41.4 Å². The summed E-state index contributed by atoms with van der Waals surface area (Å²) in [5.41, 5.74) is 0. The molecule has 0 amide bonds.